The number of carbonyl (C=O) groups excluding carboxylic acids is 1. The average molecular weight is 318 g/mol. The lowest BCUT2D eigenvalue weighted by Crippen LogP contribution is -2.61. The van der Waals surface area contributed by atoms with Gasteiger partial charge in [-0.15, -0.1) is 0 Å². The van der Waals surface area contributed by atoms with Crippen LogP contribution >= 0.6 is 0 Å². The molecule has 3 fully saturated rings. The van der Waals surface area contributed by atoms with E-state index >= 15 is 0 Å². The highest BCUT2D eigenvalue weighted by Gasteiger charge is 2.74. The molecule has 3 heteroatoms. The lowest BCUT2D eigenvalue weighted by atomic mass is 9.44. The van der Waals surface area contributed by atoms with Gasteiger partial charge in [-0.1, -0.05) is 39.7 Å². The summed E-state index contributed by atoms with van der Waals surface area (Å²) in [5, 5.41) is 11.0. The van der Waals surface area contributed by atoms with Crippen LogP contribution in [0.2, 0.25) is 0 Å². The zero-order valence-electron chi connectivity index (χ0n) is 14.9. The highest BCUT2D eigenvalue weighted by Crippen LogP contribution is 2.69. The second-order valence-corrected chi connectivity index (χ2v) is 9.39. The largest absolute Gasteiger partial charge is 0.451 e. The van der Waals surface area contributed by atoms with Crippen LogP contribution in [-0.4, -0.2) is 22.8 Å². The fourth-order valence-electron chi connectivity index (χ4n) is 6.49. The first-order valence-corrected chi connectivity index (χ1v) is 9.37. The first kappa shape index (κ1) is 15.7. The summed E-state index contributed by atoms with van der Waals surface area (Å²) >= 11 is 0. The van der Waals surface area contributed by atoms with Gasteiger partial charge in [-0.3, -0.25) is 4.79 Å². The molecule has 4 rings (SSSR count). The number of allylic oxidation sites excluding steroid dienone is 1. The van der Waals surface area contributed by atoms with Gasteiger partial charge in [0.1, 0.15) is 0 Å². The number of esters is 1. The molecule has 0 amide bonds. The predicted molar refractivity (Wildman–Crippen MR) is 88.6 cm³/mol. The van der Waals surface area contributed by atoms with Crippen LogP contribution in [0.3, 0.4) is 0 Å². The fourth-order valence-corrected chi connectivity index (χ4v) is 6.49. The van der Waals surface area contributed by atoms with Crippen molar-refractivity contribution in [2.45, 2.75) is 77.9 Å². The Morgan fingerprint density at radius 3 is 2.70 bits per heavy atom. The summed E-state index contributed by atoms with van der Waals surface area (Å²) in [6.45, 7) is 8.94. The Morgan fingerprint density at radius 1 is 1.26 bits per heavy atom. The molecule has 23 heavy (non-hydrogen) atoms. The second-order valence-electron chi connectivity index (χ2n) is 9.39. The smallest absolute Gasteiger partial charge is 0.313 e. The van der Waals surface area contributed by atoms with E-state index in [1.165, 1.54) is 5.57 Å². The van der Waals surface area contributed by atoms with E-state index in [1.54, 1.807) is 0 Å². The molecule has 1 saturated heterocycles. The third kappa shape index (κ3) is 1.78. The Morgan fingerprint density at radius 2 is 2.00 bits per heavy atom. The molecule has 0 aromatic rings. The standard InChI is InChI=1S/C20H30O3/c1-12(2)13-6-7-14-19-9-5-8-18(3,4)15(19)10-16(21)20(14,11-13)23-17(19)22/h11-12,14-16,21H,5-10H2,1-4H3/t14-,15+,16-,19?,20-/m1/s1. The molecule has 1 unspecified atom stereocenters. The minimum Gasteiger partial charge on any atom is -0.451 e. The van der Waals surface area contributed by atoms with E-state index in [0.29, 0.717) is 12.3 Å². The van der Waals surface area contributed by atoms with Crippen molar-refractivity contribution in [3.05, 3.63) is 11.6 Å². The maximum absolute atomic E-state index is 13.1. The van der Waals surface area contributed by atoms with Gasteiger partial charge in [0, 0.05) is 5.92 Å². The summed E-state index contributed by atoms with van der Waals surface area (Å²) in [7, 11) is 0. The maximum Gasteiger partial charge on any atom is 0.313 e. The first-order valence-electron chi connectivity index (χ1n) is 9.37. The minimum absolute atomic E-state index is 0.0157. The van der Waals surface area contributed by atoms with Crippen molar-refractivity contribution in [1.82, 2.24) is 0 Å². The average Bonchev–Trinajstić information content (AvgIpc) is 2.67. The molecule has 1 N–H and O–H groups in total. The molecule has 2 saturated carbocycles. The van der Waals surface area contributed by atoms with E-state index in [0.717, 1.165) is 32.1 Å². The SMILES string of the molecule is CC(C)C1=C[C@]23OC(=O)C4(CCCC(C)(C)[C@@H]4C[C@H]2O)[C@H]3CC1. The number of aliphatic hydroxyl groups excluding tert-OH is 1. The van der Waals surface area contributed by atoms with E-state index in [9.17, 15) is 9.90 Å². The number of hydrogen-bond acceptors (Lipinski definition) is 3. The number of rotatable bonds is 1. The fraction of sp³-hybridized carbons (Fsp3) is 0.850. The number of carbonyl (C=O) groups is 1. The molecule has 0 aromatic heterocycles. The van der Waals surface area contributed by atoms with Gasteiger partial charge in [-0.05, 0) is 55.4 Å². The first-order chi connectivity index (χ1) is 10.7. The molecule has 3 nitrogen and oxygen atoms in total. The third-order valence-electron chi connectivity index (χ3n) is 7.65. The topological polar surface area (TPSA) is 46.5 Å². The normalized spacial score (nSPS) is 47.7. The van der Waals surface area contributed by atoms with Crippen LogP contribution in [0, 0.1) is 28.6 Å². The van der Waals surface area contributed by atoms with Crippen molar-refractivity contribution in [2.24, 2.45) is 28.6 Å². The van der Waals surface area contributed by atoms with Gasteiger partial charge >= 0.3 is 5.97 Å². The van der Waals surface area contributed by atoms with Gasteiger partial charge in [-0.2, -0.15) is 0 Å². The van der Waals surface area contributed by atoms with Crippen LogP contribution in [0.15, 0.2) is 11.6 Å². The molecular weight excluding hydrogens is 288 g/mol. The molecular formula is C20H30O3. The summed E-state index contributed by atoms with van der Waals surface area (Å²) in [6.07, 6.45) is 7.53. The van der Waals surface area contributed by atoms with Crippen LogP contribution in [0.25, 0.3) is 0 Å². The Labute approximate surface area is 139 Å². The summed E-state index contributed by atoms with van der Waals surface area (Å²) < 4.78 is 6.06. The van der Waals surface area contributed by atoms with Crippen LogP contribution in [-0.2, 0) is 9.53 Å². The van der Waals surface area contributed by atoms with Crippen molar-refractivity contribution in [1.29, 1.82) is 0 Å². The Kier molecular flexibility index (Phi) is 3.15. The van der Waals surface area contributed by atoms with Gasteiger partial charge in [0.25, 0.3) is 0 Å². The van der Waals surface area contributed by atoms with E-state index in [-0.39, 0.29) is 28.6 Å². The van der Waals surface area contributed by atoms with Crippen LogP contribution in [0.4, 0.5) is 0 Å². The molecule has 1 spiro atoms. The zero-order chi connectivity index (χ0) is 16.6. The Balaban J connectivity index is 1.86. The second kappa shape index (κ2) is 4.62. The summed E-state index contributed by atoms with van der Waals surface area (Å²) in [6, 6.07) is 0. The van der Waals surface area contributed by atoms with Crippen LogP contribution in [0.1, 0.15) is 66.2 Å². The molecule has 5 atom stereocenters. The lowest BCUT2D eigenvalue weighted by molar-refractivity contribution is -0.156. The van der Waals surface area contributed by atoms with E-state index < -0.39 is 11.7 Å². The number of hydrogen-bond donors (Lipinski definition) is 1. The van der Waals surface area contributed by atoms with Crippen molar-refractivity contribution in [2.75, 3.05) is 0 Å². The quantitative estimate of drug-likeness (QED) is 0.590. The monoisotopic (exact) mass is 318 g/mol. The number of ether oxygens (including phenoxy) is 1. The van der Waals surface area contributed by atoms with E-state index in [2.05, 4.69) is 33.8 Å². The van der Waals surface area contributed by atoms with E-state index in [4.69, 9.17) is 4.74 Å². The van der Waals surface area contributed by atoms with Crippen molar-refractivity contribution >= 4 is 5.97 Å². The zero-order valence-corrected chi connectivity index (χ0v) is 14.9. The molecule has 2 bridgehead atoms. The van der Waals surface area contributed by atoms with Gasteiger partial charge < -0.3 is 9.84 Å². The van der Waals surface area contributed by atoms with Gasteiger partial charge in [0.15, 0.2) is 5.60 Å². The molecule has 1 heterocycles. The summed E-state index contributed by atoms with van der Waals surface area (Å²) in [5.74, 6) is 0.852. The van der Waals surface area contributed by atoms with Crippen molar-refractivity contribution in [3.63, 3.8) is 0 Å². The predicted octanol–water partition coefficient (Wildman–Crippen LogP) is 3.85. The maximum atomic E-state index is 13.1. The Hall–Kier alpha value is -0.830. The van der Waals surface area contributed by atoms with Crippen molar-refractivity contribution in [3.8, 4) is 0 Å². The minimum atomic E-state index is -0.737. The lowest BCUT2D eigenvalue weighted by Gasteiger charge is -2.57. The summed E-state index contributed by atoms with van der Waals surface area (Å²) in [4.78, 5) is 13.1. The summed E-state index contributed by atoms with van der Waals surface area (Å²) in [5.41, 5.74) is 0.369. The van der Waals surface area contributed by atoms with E-state index in [1.807, 2.05) is 0 Å². The molecule has 0 aromatic carbocycles. The molecule has 3 aliphatic carbocycles. The molecule has 1 aliphatic heterocycles. The van der Waals surface area contributed by atoms with Gasteiger partial charge in [0.05, 0.1) is 11.5 Å². The Bertz CT molecular complexity index is 575. The van der Waals surface area contributed by atoms with Gasteiger partial charge in [-0.25, -0.2) is 0 Å². The molecule has 128 valence electrons. The van der Waals surface area contributed by atoms with Crippen LogP contribution < -0.4 is 0 Å². The third-order valence-corrected chi connectivity index (χ3v) is 7.65. The van der Waals surface area contributed by atoms with Crippen LogP contribution in [0.5, 0.6) is 0 Å². The highest BCUT2D eigenvalue weighted by atomic mass is 16.6. The van der Waals surface area contributed by atoms with Gasteiger partial charge in [0.2, 0.25) is 0 Å². The van der Waals surface area contributed by atoms with Crippen molar-refractivity contribution < 1.29 is 14.6 Å². The number of aliphatic hydroxyl groups is 1. The molecule has 0 radical (unpaired) electrons. The highest BCUT2D eigenvalue weighted by molar-refractivity contribution is 5.83. The molecule has 4 aliphatic rings.